The molecule has 208 valence electrons. The highest BCUT2D eigenvalue weighted by Crippen LogP contribution is 2.28. The van der Waals surface area contributed by atoms with Crippen molar-refractivity contribution >= 4 is 39.1 Å². The number of halogens is 2. The third-order valence-corrected chi connectivity index (χ3v) is 8.21. The van der Waals surface area contributed by atoms with Crippen LogP contribution >= 0.6 is 11.6 Å². The molecule has 3 aromatic carbocycles. The average molecular weight is 574 g/mol. The standard InChI is InChI=1S/C29H33ClFN3O4S/c1-20(2)17-32-29(36)22(4)33(18-23-9-13-25(31)14-10-23)28(35)19-34(27-8-6-5-7-21(27)3)39(37,38)26-15-11-24(30)12-16-26/h5-16,20,22H,17-19H2,1-4H3,(H,32,36)/t22-/m1/s1. The lowest BCUT2D eigenvalue weighted by Gasteiger charge is -2.32. The fraction of sp³-hybridized carbons (Fsp3) is 0.310. The summed E-state index contributed by atoms with van der Waals surface area (Å²) in [5.41, 5.74) is 1.58. The van der Waals surface area contributed by atoms with Crippen molar-refractivity contribution in [3.8, 4) is 0 Å². The van der Waals surface area contributed by atoms with Gasteiger partial charge in [0.25, 0.3) is 10.0 Å². The Labute approximate surface area is 234 Å². The molecule has 0 saturated heterocycles. The number of anilines is 1. The molecule has 10 heteroatoms. The van der Waals surface area contributed by atoms with Crippen molar-refractivity contribution in [2.75, 3.05) is 17.4 Å². The molecule has 1 atom stereocenters. The average Bonchev–Trinajstić information content (AvgIpc) is 2.90. The summed E-state index contributed by atoms with van der Waals surface area (Å²) in [6.07, 6.45) is 0. The minimum Gasteiger partial charge on any atom is -0.354 e. The lowest BCUT2D eigenvalue weighted by atomic mass is 10.1. The first-order chi connectivity index (χ1) is 18.4. The zero-order valence-corrected chi connectivity index (χ0v) is 24.0. The number of carbonyl (C=O) groups excluding carboxylic acids is 2. The third-order valence-electron chi connectivity index (χ3n) is 6.18. The second-order valence-corrected chi connectivity index (χ2v) is 12.0. The van der Waals surface area contributed by atoms with Crippen molar-refractivity contribution in [1.29, 1.82) is 0 Å². The molecule has 0 heterocycles. The van der Waals surface area contributed by atoms with Gasteiger partial charge in [0.1, 0.15) is 18.4 Å². The van der Waals surface area contributed by atoms with E-state index in [9.17, 15) is 22.4 Å². The van der Waals surface area contributed by atoms with E-state index in [4.69, 9.17) is 11.6 Å². The van der Waals surface area contributed by atoms with E-state index in [1.807, 2.05) is 13.8 Å². The summed E-state index contributed by atoms with van der Waals surface area (Å²) in [5.74, 6) is -1.20. The molecule has 0 spiro atoms. The van der Waals surface area contributed by atoms with Gasteiger partial charge in [0.15, 0.2) is 0 Å². The number of hydrogen-bond donors (Lipinski definition) is 1. The fourth-order valence-corrected chi connectivity index (χ4v) is 5.52. The van der Waals surface area contributed by atoms with Crippen LogP contribution in [0, 0.1) is 18.7 Å². The Morgan fingerprint density at radius 1 is 0.949 bits per heavy atom. The summed E-state index contributed by atoms with van der Waals surface area (Å²) in [6, 6.07) is 17.2. The predicted molar refractivity (Wildman–Crippen MR) is 151 cm³/mol. The molecule has 0 radical (unpaired) electrons. The number of benzene rings is 3. The van der Waals surface area contributed by atoms with Gasteiger partial charge in [-0.2, -0.15) is 0 Å². The maximum Gasteiger partial charge on any atom is 0.264 e. The highest BCUT2D eigenvalue weighted by atomic mass is 35.5. The molecule has 0 bridgehead atoms. The number of para-hydroxylation sites is 1. The van der Waals surface area contributed by atoms with Crippen molar-refractivity contribution in [1.82, 2.24) is 10.2 Å². The van der Waals surface area contributed by atoms with E-state index in [0.29, 0.717) is 28.4 Å². The van der Waals surface area contributed by atoms with Crippen molar-refractivity contribution in [3.63, 3.8) is 0 Å². The molecular formula is C29H33ClFN3O4S. The molecule has 0 aliphatic carbocycles. The summed E-state index contributed by atoms with van der Waals surface area (Å²) in [4.78, 5) is 28.1. The summed E-state index contributed by atoms with van der Waals surface area (Å²) in [7, 11) is -4.19. The quantitative estimate of drug-likeness (QED) is 0.343. The molecule has 39 heavy (non-hydrogen) atoms. The van der Waals surface area contributed by atoms with Crippen molar-refractivity contribution < 1.29 is 22.4 Å². The third kappa shape index (κ3) is 7.80. The molecule has 0 aromatic heterocycles. The zero-order valence-electron chi connectivity index (χ0n) is 22.4. The highest BCUT2D eigenvalue weighted by Gasteiger charge is 2.33. The molecule has 0 saturated carbocycles. The Morgan fingerprint density at radius 2 is 1.56 bits per heavy atom. The van der Waals surface area contributed by atoms with Gasteiger partial charge in [-0.1, -0.05) is 55.8 Å². The Kier molecular flexibility index (Phi) is 10.1. The lowest BCUT2D eigenvalue weighted by Crippen LogP contribution is -2.51. The monoisotopic (exact) mass is 573 g/mol. The Hall–Kier alpha value is -3.43. The Balaban J connectivity index is 2.02. The van der Waals surface area contributed by atoms with E-state index in [2.05, 4.69) is 5.32 Å². The first-order valence-electron chi connectivity index (χ1n) is 12.6. The second-order valence-electron chi connectivity index (χ2n) is 9.72. The SMILES string of the molecule is Cc1ccccc1N(CC(=O)N(Cc1ccc(F)cc1)[C@H](C)C(=O)NCC(C)C)S(=O)(=O)c1ccc(Cl)cc1. The van der Waals surface area contributed by atoms with Crippen molar-refractivity contribution in [3.05, 3.63) is 94.8 Å². The number of sulfonamides is 1. The Bertz CT molecular complexity index is 1400. The molecule has 0 aliphatic heterocycles. The molecule has 7 nitrogen and oxygen atoms in total. The van der Waals surface area contributed by atoms with Crippen LogP contribution in [-0.2, 0) is 26.2 Å². The molecule has 3 rings (SSSR count). The van der Waals surface area contributed by atoms with Gasteiger partial charge in [0.05, 0.1) is 10.6 Å². The van der Waals surface area contributed by atoms with Gasteiger partial charge in [-0.3, -0.25) is 13.9 Å². The first kappa shape index (κ1) is 30.1. The maximum atomic E-state index is 13.9. The van der Waals surface area contributed by atoms with Gasteiger partial charge < -0.3 is 10.2 Å². The van der Waals surface area contributed by atoms with Crippen LogP contribution in [0.3, 0.4) is 0 Å². The van der Waals surface area contributed by atoms with Gasteiger partial charge in [-0.15, -0.1) is 0 Å². The molecular weight excluding hydrogens is 541 g/mol. The summed E-state index contributed by atoms with van der Waals surface area (Å²) in [6.45, 7) is 7.09. The van der Waals surface area contributed by atoms with Crippen LogP contribution in [0.15, 0.2) is 77.7 Å². The van der Waals surface area contributed by atoms with Crippen LogP contribution in [0.5, 0.6) is 0 Å². The first-order valence-corrected chi connectivity index (χ1v) is 14.4. The van der Waals surface area contributed by atoms with E-state index >= 15 is 0 Å². The minimum absolute atomic E-state index is 0.0159. The molecule has 2 amide bonds. The predicted octanol–water partition coefficient (Wildman–Crippen LogP) is 5.17. The molecule has 0 aliphatic rings. The van der Waals surface area contributed by atoms with Crippen LogP contribution in [-0.4, -0.2) is 44.3 Å². The smallest absolute Gasteiger partial charge is 0.264 e. The second kappa shape index (κ2) is 13.1. The van der Waals surface area contributed by atoms with Gasteiger partial charge >= 0.3 is 0 Å². The fourth-order valence-electron chi connectivity index (χ4n) is 3.91. The van der Waals surface area contributed by atoms with Crippen LogP contribution < -0.4 is 9.62 Å². The summed E-state index contributed by atoms with van der Waals surface area (Å²) >= 11 is 5.98. The largest absolute Gasteiger partial charge is 0.354 e. The number of rotatable bonds is 11. The van der Waals surface area contributed by atoms with E-state index in [-0.39, 0.29) is 23.3 Å². The topological polar surface area (TPSA) is 86.8 Å². The van der Waals surface area contributed by atoms with Gasteiger partial charge in [-0.25, -0.2) is 12.8 Å². The number of aryl methyl sites for hydroxylation is 1. The van der Waals surface area contributed by atoms with E-state index < -0.39 is 34.3 Å². The molecule has 1 N–H and O–H groups in total. The molecule has 3 aromatic rings. The summed E-state index contributed by atoms with van der Waals surface area (Å²) < 4.78 is 42.2. The van der Waals surface area contributed by atoms with E-state index in [1.54, 1.807) is 38.1 Å². The van der Waals surface area contributed by atoms with Crippen LogP contribution in [0.1, 0.15) is 31.9 Å². The minimum atomic E-state index is -4.19. The van der Waals surface area contributed by atoms with Crippen molar-refractivity contribution in [2.45, 2.75) is 45.2 Å². The summed E-state index contributed by atoms with van der Waals surface area (Å²) in [5, 5.41) is 3.20. The number of carbonyl (C=O) groups is 2. The zero-order chi connectivity index (χ0) is 28.7. The molecule has 0 fully saturated rings. The van der Waals surface area contributed by atoms with Crippen LogP contribution in [0.2, 0.25) is 5.02 Å². The van der Waals surface area contributed by atoms with Gasteiger partial charge in [0.2, 0.25) is 11.8 Å². The van der Waals surface area contributed by atoms with Gasteiger partial charge in [-0.05, 0) is 73.4 Å². The van der Waals surface area contributed by atoms with E-state index in [1.165, 1.54) is 53.4 Å². The maximum absolute atomic E-state index is 13.9. The molecule has 0 unspecified atom stereocenters. The number of nitrogens with one attached hydrogen (secondary N) is 1. The highest BCUT2D eigenvalue weighted by molar-refractivity contribution is 7.92. The van der Waals surface area contributed by atoms with E-state index in [0.717, 1.165) is 4.31 Å². The van der Waals surface area contributed by atoms with Crippen molar-refractivity contribution in [2.24, 2.45) is 5.92 Å². The number of amides is 2. The number of hydrogen-bond acceptors (Lipinski definition) is 4. The normalized spacial score (nSPS) is 12.2. The lowest BCUT2D eigenvalue weighted by molar-refractivity contribution is -0.139. The van der Waals surface area contributed by atoms with Crippen LogP contribution in [0.25, 0.3) is 0 Å². The Morgan fingerprint density at radius 3 is 2.15 bits per heavy atom. The number of nitrogens with zero attached hydrogens (tertiary/aromatic N) is 2. The van der Waals surface area contributed by atoms with Crippen LogP contribution in [0.4, 0.5) is 10.1 Å². The van der Waals surface area contributed by atoms with Gasteiger partial charge in [0, 0.05) is 18.1 Å².